The van der Waals surface area contributed by atoms with E-state index >= 15 is 0 Å². The zero-order chi connectivity index (χ0) is 19.2. The van der Waals surface area contributed by atoms with Crippen LogP contribution >= 0.6 is 35.3 Å². The van der Waals surface area contributed by atoms with Gasteiger partial charge in [-0.2, -0.15) is 0 Å². The van der Waals surface area contributed by atoms with Crippen LogP contribution < -0.4 is 15.5 Å². The van der Waals surface area contributed by atoms with E-state index in [-0.39, 0.29) is 24.0 Å². The second-order valence-electron chi connectivity index (χ2n) is 7.36. The Hall–Kier alpha value is -1.35. The summed E-state index contributed by atoms with van der Waals surface area (Å²) in [6.45, 7) is 10.3. The molecule has 1 saturated heterocycles. The first kappa shape index (κ1) is 22.9. The summed E-state index contributed by atoms with van der Waals surface area (Å²) in [5, 5.41) is 7.88. The van der Waals surface area contributed by atoms with Crippen molar-refractivity contribution in [1.82, 2.24) is 15.6 Å². The second kappa shape index (κ2) is 11.0. The van der Waals surface area contributed by atoms with Gasteiger partial charge in [0.2, 0.25) is 0 Å². The monoisotopic (exact) mass is 513 g/mol. The van der Waals surface area contributed by atoms with Crippen molar-refractivity contribution in [2.75, 3.05) is 25.0 Å². The molecule has 5 nitrogen and oxygen atoms in total. The molecular weight excluding hydrogens is 481 g/mol. The van der Waals surface area contributed by atoms with Crippen LogP contribution in [0.3, 0.4) is 0 Å². The Morgan fingerprint density at radius 2 is 1.79 bits per heavy atom. The summed E-state index contributed by atoms with van der Waals surface area (Å²) < 4.78 is 0. The van der Waals surface area contributed by atoms with E-state index in [2.05, 4.69) is 63.6 Å². The molecule has 1 fully saturated rings. The smallest absolute Gasteiger partial charge is 0.191 e. The number of rotatable bonds is 5. The Morgan fingerprint density at radius 1 is 1.14 bits per heavy atom. The van der Waals surface area contributed by atoms with Crippen molar-refractivity contribution in [1.29, 1.82) is 0 Å². The molecule has 1 aliphatic rings. The first-order valence-electron chi connectivity index (χ1n) is 9.76. The molecule has 0 spiro atoms. The van der Waals surface area contributed by atoms with Gasteiger partial charge in [0.05, 0.1) is 17.2 Å². The fraction of sp³-hybridized carbons (Fsp3) is 0.524. The van der Waals surface area contributed by atoms with E-state index in [0.29, 0.717) is 0 Å². The molecule has 0 atom stereocenters. The number of thiazole rings is 1. The van der Waals surface area contributed by atoms with Crippen LogP contribution in [0.5, 0.6) is 0 Å². The van der Waals surface area contributed by atoms with E-state index in [4.69, 9.17) is 0 Å². The highest BCUT2D eigenvalue weighted by Gasteiger charge is 2.15. The molecule has 0 saturated carbocycles. The molecule has 0 aliphatic carbocycles. The first-order chi connectivity index (χ1) is 13.0. The molecule has 1 aromatic carbocycles. The van der Waals surface area contributed by atoms with Gasteiger partial charge in [-0.05, 0) is 50.3 Å². The van der Waals surface area contributed by atoms with E-state index in [1.54, 1.807) is 18.4 Å². The summed E-state index contributed by atoms with van der Waals surface area (Å²) >= 11 is 1.74. The average molecular weight is 513 g/mol. The van der Waals surface area contributed by atoms with Gasteiger partial charge in [-0.1, -0.05) is 19.1 Å². The third-order valence-corrected chi connectivity index (χ3v) is 6.26. The molecule has 3 rings (SSSR count). The molecule has 0 radical (unpaired) electrons. The summed E-state index contributed by atoms with van der Waals surface area (Å²) in [4.78, 5) is 12.6. The number of nitrogens with zero attached hydrogens (tertiary/aromatic N) is 3. The number of anilines is 1. The van der Waals surface area contributed by atoms with Crippen molar-refractivity contribution < 1.29 is 0 Å². The number of aromatic nitrogens is 1. The highest BCUT2D eigenvalue weighted by Crippen LogP contribution is 2.23. The minimum Gasteiger partial charge on any atom is -0.372 e. The van der Waals surface area contributed by atoms with Crippen LogP contribution in [-0.4, -0.2) is 31.1 Å². The second-order valence-corrected chi connectivity index (χ2v) is 8.64. The van der Waals surface area contributed by atoms with Crippen molar-refractivity contribution in [3.63, 3.8) is 0 Å². The van der Waals surface area contributed by atoms with Gasteiger partial charge in [0.25, 0.3) is 0 Å². The van der Waals surface area contributed by atoms with Crippen LogP contribution in [-0.2, 0) is 13.1 Å². The van der Waals surface area contributed by atoms with Crippen molar-refractivity contribution >= 4 is 47.0 Å². The van der Waals surface area contributed by atoms with Gasteiger partial charge < -0.3 is 15.5 Å². The topological polar surface area (TPSA) is 52.6 Å². The van der Waals surface area contributed by atoms with Crippen molar-refractivity contribution in [2.24, 2.45) is 10.9 Å². The van der Waals surface area contributed by atoms with Gasteiger partial charge in [0.15, 0.2) is 5.96 Å². The summed E-state index contributed by atoms with van der Waals surface area (Å²) in [6, 6.07) is 8.91. The normalized spacial score (nSPS) is 15.3. The van der Waals surface area contributed by atoms with Crippen molar-refractivity contribution in [2.45, 2.75) is 46.7 Å². The molecule has 28 heavy (non-hydrogen) atoms. The third kappa shape index (κ3) is 6.34. The minimum atomic E-state index is 0. The van der Waals surface area contributed by atoms with Gasteiger partial charge in [-0.15, -0.1) is 35.3 Å². The number of benzene rings is 1. The van der Waals surface area contributed by atoms with Crippen molar-refractivity contribution in [3.8, 4) is 0 Å². The lowest BCUT2D eigenvalue weighted by Gasteiger charge is -2.32. The molecule has 0 bridgehead atoms. The molecule has 2 heterocycles. The van der Waals surface area contributed by atoms with E-state index in [0.717, 1.165) is 35.7 Å². The zero-order valence-corrected chi connectivity index (χ0v) is 20.4. The van der Waals surface area contributed by atoms with E-state index < -0.39 is 0 Å². The third-order valence-electron chi connectivity index (χ3n) is 5.18. The Labute approximate surface area is 190 Å². The lowest BCUT2D eigenvalue weighted by Crippen LogP contribution is -2.36. The van der Waals surface area contributed by atoms with Crippen molar-refractivity contribution in [3.05, 3.63) is 45.4 Å². The molecule has 7 heteroatoms. The molecule has 154 valence electrons. The van der Waals surface area contributed by atoms with Crippen LogP contribution in [0.4, 0.5) is 5.69 Å². The highest BCUT2D eigenvalue weighted by molar-refractivity contribution is 14.0. The molecule has 0 amide bonds. The Bertz CT molecular complexity index is 764. The van der Waals surface area contributed by atoms with Crippen LogP contribution in [0.1, 0.15) is 40.9 Å². The molecule has 2 aromatic rings. The van der Waals surface area contributed by atoms with Gasteiger partial charge in [0.1, 0.15) is 0 Å². The largest absolute Gasteiger partial charge is 0.372 e. The molecule has 1 aliphatic heterocycles. The number of guanidine groups is 1. The van der Waals surface area contributed by atoms with Crippen LogP contribution in [0.2, 0.25) is 0 Å². The minimum absolute atomic E-state index is 0. The predicted molar refractivity (Wildman–Crippen MR) is 131 cm³/mol. The Kier molecular flexibility index (Phi) is 9.01. The van der Waals surface area contributed by atoms with Gasteiger partial charge in [-0.25, -0.2) is 4.98 Å². The fourth-order valence-corrected chi connectivity index (χ4v) is 4.28. The summed E-state index contributed by atoms with van der Waals surface area (Å²) in [7, 11) is 1.81. The van der Waals surface area contributed by atoms with Gasteiger partial charge in [0, 0.05) is 37.2 Å². The molecule has 2 N–H and O–H groups in total. The number of aryl methyl sites for hydroxylation is 2. The summed E-state index contributed by atoms with van der Waals surface area (Å²) in [5.41, 5.74) is 3.70. The number of nitrogens with one attached hydrogen (secondary N) is 2. The SMILES string of the molecule is CN=C(NCc1ccc(N2CCC(C)CC2)cc1)NCc1sc(C)nc1C.I. The zero-order valence-electron chi connectivity index (χ0n) is 17.3. The maximum Gasteiger partial charge on any atom is 0.191 e. The number of hydrogen-bond donors (Lipinski definition) is 2. The van der Waals surface area contributed by atoms with E-state index in [1.807, 2.05) is 6.92 Å². The number of halogens is 1. The summed E-state index contributed by atoms with van der Waals surface area (Å²) in [6.07, 6.45) is 2.59. The number of aliphatic imine (C=N–C) groups is 1. The van der Waals surface area contributed by atoms with Crippen LogP contribution in [0.15, 0.2) is 29.3 Å². The maximum atomic E-state index is 4.47. The summed E-state index contributed by atoms with van der Waals surface area (Å²) in [5.74, 6) is 1.68. The van der Waals surface area contributed by atoms with E-state index in [1.165, 1.54) is 42.1 Å². The van der Waals surface area contributed by atoms with Gasteiger partial charge in [-0.3, -0.25) is 4.99 Å². The van der Waals surface area contributed by atoms with E-state index in [9.17, 15) is 0 Å². The fourth-order valence-electron chi connectivity index (χ4n) is 3.40. The predicted octanol–water partition coefficient (Wildman–Crippen LogP) is 4.48. The standard InChI is InChI=1S/C21H31N5S.HI/c1-15-9-11-26(12-10-15)19-7-5-18(6-8-19)13-23-21(22-4)24-14-20-16(2)25-17(3)27-20;/h5-8,15H,9-14H2,1-4H3,(H2,22,23,24);1H. The number of hydrogen-bond acceptors (Lipinski definition) is 4. The molecule has 0 unspecified atom stereocenters. The lowest BCUT2D eigenvalue weighted by molar-refractivity contribution is 0.438. The Balaban J connectivity index is 0.00000280. The Morgan fingerprint density at radius 3 is 2.36 bits per heavy atom. The van der Waals surface area contributed by atoms with Crippen LogP contribution in [0.25, 0.3) is 0 Å². The average Bonchev–Trinajstić information content (AvgIpc) is 3.00. The lowest BCUT2D eigenvalue weighted by atomic mass is 9.99. The quantitative estimate of drug-likeness (QED) is 0.352. The van der Waals surface area contributed by atoms with Gasteiger partial charge >= 0.3 is 0 Å². The first-order valence-corrected chi connectivity index (χ1v) is 10.6. The maximum absolute atomic E-state index is 4.47. The molecular formula is C21H32IN5S. The van der Waals surface area contributed by atoms with Crippen LogP contribution in [0, 0.1) is 19.8 Å². The highest BCUT2D eigenvalue weighted by atomic mass is 127. The number of piperidine rings is 1. The molecule has 1 aromatic heterocycles.